The highest BCUT2D eigenvalue weighted by Crippen LogP contribution is 2.36. The first kappa shape index (κ1) is 42.4. The number of fused-ring (bicyclic) bond motifs is 2. The van der Waals surface area contributed by atoms with Gasteiger partial charge in [-0.05, 0) is 94.5 Å². The van der Waals surface area contributed by atoms with E-state index in [4.69, 9.17) is 24.9 Å². The summed E-state index contributed by atoms with van der Waals surface area (Å²) in [6, 6.07) is 57.8. The molecule has 0 N–H and O–H groups in total. The number of nitrogens with zero attached hydrogens (tertiary/aromatic N) is 7. The Morgan fingerprint density at radius 2 is 0.606 bits per heavy atom. The number of imidazole rings is 2. The largest absolute Gasteiger partial charge is 0.292 e. The standard InChI is InChI=1S/C59H55N7/c1-36(2)45-30-46(37(3)4)33-49(32-45)65-53-20-14-12-18-51(53)60-58(65)43-26-22-41(23-27-43)56-62-55(40-16-10-9-11-17-40)63-57(64-56)42-24-28-44(29-25-42)59-61-52-19-13-15-21-54(52)66(59)50-34-47(38(5)6)31-48(35-50)39(7)8/h9-39H,1-8H3. The fourth-order valence-electron chi connectivity index (χ4n) is 8.76. The third-order valence-corrected chi connectivity index (χ3v) is 12.7. The Morgan fingerprint density at radius 1 is 0.303 bits per heavy atom. The van der Waals surface area contributed by atoms with E-state index in [2.05, 4.69) is 198 Å². The lowest BCUT2D eigenvalue weighted by molar-refractivity contribution is 0.829. The van der Waals surface area contributed by atoms with Crippen molar-refractivity contribution in [3.05, 3.63) is 186 Å². The average Bonchev–Trinajstić information content (AvgIpc) is 3.94. The highest BCUT2D eigenvalue weighted by Gasteiger charge is 2.20. The Labute approximate surface area is 388 Å². The molecule has 0 radical (unpaired) electrons. The zero-order valence-electron chi connectivity index (χ0n) is 39.0. The van der Waals surface area contributed by atoms with Gasteiger partial charge in [0.15, 0.2) is 17.5 Å². The van der Waals surface area contributed by atoms with E-state index in [-0.39, 0.29) is 0 Å². The molecule has 0 atom stereocenters. The smallest absolute Gasteiger partial charge is 0.164 e. The van der Waals surface area contributed by atoms with Crippen LogP contribution < -0.4 is 0 Å². The van der Waals surface area contributed by atoms with Gasteiger partial charge in [-0.15, -0.1) is 0 Å². The molecule has 0 aliphatic rings. The minimum absolute atomic E-state index is 0.394. The van der Waals surface area contributed by atoms with E-state index < -0.39 is 0 Å². The summed E-state index contributed by atoms with van der Waals surface area (Å²) < 4.78 is 4.61. The molecule has 7 nitrogen and oxygen atoms in total. The van der Waals surface area contributed by atoms with Gasteiger partial charge in [-0.3, -0.25) is 9.13 Å². The average molecular weight is 862 g/mol. The molecule has 326 valence electrons. The van der Waals surface area contributed by atoms with Crippen molar-refractivity contribution in [1.82, 2.24) is 34.1 Å². The van der Waals surface area contributed by atoms with Gasteiger partial charge >= 0.3 is 0 Å². The van der Waals surface area contributed by atoms with Crippen LogP contribution in [0.5, 0.6) is 0 Å². The number of hydrogen-bond acceptors (Lipinski definition) is 5. The molecule has 0 aliphatic heterocycles. The predicted molar refractivity (Wildman–Crippen MR) is 273 cm³/mol. The van der Waals surface area contributed by atoms with E-state index in [1.54, 1.807) is 0 Å². The fourth-order valence-corrected chi connectivity index (χ4v) is 8.76. The van der Waals surface area contributed by atoms with Gasteiger partial charge in [-0.1, -0.05) is 171 Å². The van der Waals surface area contributed by atoms with E-state index in [0.29, 0.717) is 41.1 Å². The molecular formula is C59H55N7. The van der Waals surface area contributed by atoms with Crippen molar-refractivity contribution in [2.45, 2.75) is 79.1 Å². The first-order chi connectivity index (χ1) is 32.0. The van der Waals surface area contributed by atoms with Crippen LogP contribution in [0.25, 0.3) is 90.4 Å². The van der Waals surface area contributed by atoms with E-state index in [0.717, 1.165) is 72.9 Å². The van der Waals surface area contributed by atoms with Crippen LogP contribution in [0.15, 0.2) is 164 Å². The van der Waals surface area contributed by atoms with Crippen molar-refractivity contribution < 1.29 is 0 Å². The van der Waals surface area contributed by atoms with Crippen molar-refractivity contribution in [3.8, 4) is 68.3 Å². The Kier molecular flexibility index (Phi) is 11.2. The van der Waals surface area contributed by atoms with Crippen LogP contribution in [-0.2, 0) is 0 Å². The van der Waals surface area contributed by atoms with Crippen molar-refractivity contribution in [1.29, 1.82) is 0 Å². The van der Waals surface area contributed by atoms with Crippen LogP contribution in [0, 0.1) is 0 Å². The summed E-state index contributed by atoms with van der Waals surface area (Å²) in [6.45, 7) is 18.1. The maximum Gasteiger partial charge on any atom is 0.164 e. The molecule has 0 saturated carbocycles. The summed E-state index contributed by atoms with van der Waals surface area (Å²) in [5.74, 6) is 5.17. The predicted octanol–water partition coefficient (Wildman–Crippen LogP) is 15.4. The number of benzene rings is 7. The molecule has 0 bridgehead atoms. The lowest BCUT2D eigenvalue weighted by Crippen LogP contribution is -2.03. The minimum atomic E-state index is 0.394. The van der Waals surface area contributed by atoms with Crippen molar-refractivity contribution in [2.24, 2.45) is 0 Å². The third-order valence-electron chi connectivity index (χ3n) is 12.7. The molecule has 7 heteroatoms. The molecule has 0 aliphatic carbocycles. The molecule has 10 aromatic rings. The van der Waals surface area contributed by atoms with Gasteiger partial charge in [0.05, 0.1) is 22.1 Å². The second-order valence-electron chi connectivity index (χ2n) is 18.7. The van der Waals surface area contributed by atoms with Crippen molar-refractivity contribution in [3.63, 3.8) is 0 Å². The summed E-state index contributed by atoms with van der Waals surface area (Å²) in [7, 11) is 0. The van der Waals surface area contributed by atoms with Gasteiger partial charge in [-0.25, -0.2) is 24.9 Å². The zero-order valence-corrected chi connectivity index (χ0v) is 39.0. The number of aromatic nitrogens is 7. The zero-order chi connectivity index (χ0) is 45.6. The topological polar surface area (TPSA) is 74.3 Å². The number of para-hydroxylation sites is 4. The van der Waals surface area contributed by atoms with E-state index >= 15 is 0 Å². The van der Waals surface area contributed by atoms with Crippen LogP contribution in [0.3, 0.4) is 0 Å². The van der Waals surface area contributed by atoms with Crippen LogP contribution >= 0.6 is 0 Å². The quantitative estimate of drug-likeness (QED) is 0.129. The Hall–Kier alpha value is -7.51. The second-order valence-corrected chi connectivity index (χ2v) is 18.7. The first-order valence-electron chi connectivity index (χ1n) is 23.3. The SMILES string of the molecule is CC(C)c1cc(C(C)C)cc(-n2c(-c3ccc(-c4nc(-c5ccccc5)nc(-c5ccc(-c6nc7ccccc7n6-c6cc(C(C)C)cc(C(C)C)c6)cc5)n4)cc3)nc3ccccc32)c1. The van der Waals surface area contributed by atoms with Crippen LogP contribution in [0.1, 0.15) is 101 Å². The Balaban J connectivity index is 1.05. The van der Waals surface area contributed by atoms with Crippen LogP contribution in [0.4, 0.5) is 0 Å². The van der Waals surface area contributed by atoms with Crippen molar-refractivity contribution >= 4 is 22.1 Å². The van der Waals surface area contributed by atoms with Gasteiger partial charge < -0.3 is 0 Å². The molecule has 0 amide bonds. The fraction of sp³-hybridized carbons (Fsp3) is 0.203. The van der Waals surface area contributed by atoms with Gasteiger partial charge in [0.25, 0.3) is 0 Å². The van der Waals surface area contributed by atoms with Crippen molar-refractivity contribution in [2.75, 3.05) is 0 Å². The molecule has 10 rings (SSSR count). The molecule has 3 heterocycles. The highest BCUT2D eigenvalue weighted by molar-refractivity contribution is 5.85. The minimum Gasteiger partial charge on any atom is -0.292 e. The molecule has 7 aromatic carbocycles. The monoisotopic (exact) mass is 861 g/mol. The molecule has 0 fully saturated rings. The maximum atomic E-state index is 5.22. The second kappa shape index (κ2) is 17.5. The molecule has 66 heavy (non-hydrogen) atoms. The summed E-state index contributed by atoms with van der Waals surface area (Å²) in [5.41, 5.74) is 16.3. The molecule has 0 unspecified atom stereocenters. The Morgan fingerprint density at radius 3 is 0.955 bits per heavy atom. The molecule has 0 saturated heterocycles. The molecule has 3 aromatic heterocycles. The summed E-state index contributed by atoms with van der Waals surface area (Å²) in [4.78, 5) is 25.7. The van der Waals surface area contributed by atoms with Crippen LogP contribution in [0.2, 0.25) is 0 Å². The third kappa shape index (κ3) is 8.11. The number of hydrogen-bond donors (Lipinski definition) is 0. The lowest BCUT2D eigenvalue weighted by Gasteiger charge is -2.17. The molecule has 0 spiro atoms. The number of rotatable bonds is 11. The molecular weight excluding hydrogens is 807 g/mol. The van der Waals surface area contributed by atoms with Gasteiger partial charge in [0.1, 0.15) is 11.6 Å². The van der Waals surface area contributed by atoms with E-state index in [9.17, 15) is 0 Å². The lowest BCUT2D eigenvalue weighted by atomic mass is 9.94. The normalized spacial score (nSPS) is 11.9. The van der Waals surface area contributed by atoms with Gasteiger partial charge in [0, 0.05) is 39.2 Å². The summed E-state index contributed by atoms with van der Waals surface area (Å²) in [5, 5.41) is 0. The maximum absolute atomic E-state index is 5.22. The van der Waals surface area contributed by atoms with E-state index in [1.165, 1.54) is 22.3 Å². The highest BCUT2D eigenvalue weighted by atomic mass is 15.1. The summed E-state index contributed by atoms with van der Waals surface area (Å²) in [6.07, 6.45) is 0. The first-order valence-corrected chi connectivity index (χ1v) is 23.3. The summed E-state index contributed by atoms with van der Waals surface area (Å²) >= 11 is 0. The van der Waals surface area contributed by atoms with Crippen LogP contribution in [-0.4, -0.2) is 34.1 Å². The van der Waals surface area contributed by atoms with E-state index in [1.807, 2.05) is 30.3 Å². The Bertz CT molecular complexity index is 3100. The van der Waals surface area contributed by atoms with Gasteiger partial charge in [-0.2, -0.15) is 0 Å². The van der Waals surface area contributed by atoms with Gasteiger partial charge in [0.2, 0.25) is 0 Å².